The van der Waals surface area contributed by atoms with E-state index in [0.29, 0.717) is 13.2 Å². The van der Waals surface area contributed by atoms with Crippen LogP contribution in [0.4, 0.5) is 5.82 Å². The summed E-state index contributed by atoms with van der Waals surface area (Å²) in [7, 11) is 1.74. The zero-order valence-corrected chi connectivity index (χ0v) is 17.8. The highest BCUT2D eigenvalue weighted by Crippen LogP contribution is 2.32. The maximum Gasteiger partial charge on any atom is 0.242 e. The molecule has 1 unspecified atom stereocenters. The normalized spacial score (nSPS) is 21.5. The molecule has 1 atom stereocenters. The van der Waals surface area contributed by atoms with E-state index in [1.807, 2.05) is 11.4 Å². The molecule has 4 rings (SSSR count). The molecule has 0 bridgehead atoms. The van der Waals surface area contributed by atoms with Crippen LogP contribution in [0, 0.1) is 5.41 Å². The average molecular weight is 426 g/mol. The van der Waals surface area contributed by atoms with Crippen LogP contribution in [0.5, 0.6) is 0 Å². The van der Waals surface area contributed by atoms with Crippen molar-refractivity contribution in [3.63, 3.8) is 0 Å². The first-order chi connectivity index (χ1) is 13.2. The summed E-state index contributed by atoms with van der Waals surface area (Å²) in [5, 5.41) is 9.69. The Morgan fingerprint density at radius 1 is 1.43 bits per heavy atom. The standard InChI is InChI=1S/C19H27N5O2S.ClH/c1-26-12-19(5-7-20-8-6-19)11-21-17(25)15-3-2-9-24(15)16-14-4-10-27-18(14)23-13-22-16;/h4,10,13,15,20H,2-3,5-9,11-12H2,1H3,(H,21,25);1H. The molecule has 2 aliphatic rings. The van der Waals surface area contributed by atoms with Crippen molar-refractivity contribution in [1.29, 1.82) is 0 Å². The van der Waals surface area contributed by atoms with Gasteiger partial charge >= 0.3 is 0 Å². The van der Waals surface area contributed by atoms with Crippen LogP contribution in [-0.2, 0) is 9.53 Å². The van der Waals surface area contributed by atoms with Gasteiger partial charge in [-0.05, 0) is 50.2 Å². The second-order valence-corrected chi connectivity index (χ2v) is 8.48. The van der Waals surface area contributed by atoms with Crippen molar-refractivity contribution in [2.45, 2.75) is 31.7 Å². The predicted octanol–water partition coefficient (Wildman–Crippen LogP) is 2.21. The van der Waals surface area contributed by atoms with E-state index in [1.54, 1.807) is 24.8 Å². The van der Waals surface area contributed by atoms with E-state index in [2.05, 4.69) is 25.5 Å². The van der Waals surface area contributed by atoms with Crippen LogP contribution in [0.2, 0.25) is 0 Å². The van der Waals surface area contributed by atoms with Crippen LogP contribution in [0.3, 0.4) is 0 Å². The van der Waals surface area contributed by atoms with Gasteiger partial charge in [0.05, 0.1) is 12.0 Å². The number of nitrogens with zero attached hydrogens (tertiary/aromatic N) is 3. The molecule has 0 radical (unpaired) electrons. The molecule has 2 saturated heterocycles. The molecule has 9 heteroatoms. The number of aromatic nitrogens is 2. The number of thiophene rings is 1. The Morgan fingerprint density at radius 2 is 2.25 bits per heavy atom. The first-order valence-corrected chi connectivity index (χ1v) is 10.5. The van der Waals surface area contributed by atoms with Gasteiger partial charge < -0.3 is 20.3 Å². The summed E-state index contributed by atoms with van der Waals surface area (Å²) in [4.78, 5) is 25.0. The maximum atomic E-state index is 13.0. The Hall–Kier alpha value is -1.48. The minimum atomic E-state index is -0.163. The highest BCUT2D eigenvalue weighted by atomic mass is 35.5. The fourth-order valence-corrected chi connectivity index (χ4v) is 5.05. The number of carbonyl (C=O) groups excluding carboxylic acids is 1. The number of methoxy groups -OCH3 is 1. The van der Waals surface area contributed by atoms with Gasteiger partial charge in [0.25, 0.3) is 0 Å². The third-order valence-electron chi connectivity index (χ3n) is 5.82. The lowest BCUT2D eigenvalue weighted by atomic mass is 9.79. The third-order valence-corrected chi connectivity index (χ3v) is 6.64. The quantitative estimate of drug-likeness (QED) is 0.738. The van der Waals surface area contributed by atoms with Crippen LogP contribution in [-0.4, -0.2) is 61.8 Å². The van der Waals surface area contributed by atoms with E-state index >= 15 is 0 Å². The van der Waals surface area contributed by atoms with Crippen LogP contribution in [0.15, 0.2) is 17.8 Å². The molecule has 2 aromatic heterocycles. The number of anilines is 1. The molecular formula is C19H28ClN5O2S. The van der Waals surface area contributed by atoms with Crippen molar-refractivity contribution >= 4 is 45.7 Å². The summed E-state index contributed by atoms with van der Waals surface area (Å²) in [6.07, 6.45) is 5.51. The molecule has 1 amide bonds. The molecule has 0 aromatic carbocycles. The first kappa shape index (κ1) is 21.2. The number of piperidine rings is 1. The van der Waals surface area contributed by atoms with E-state index in [0.717, 1.165) is 61.4 Å². The Balaban J connectivity index is 0.00000225. The van der Waals surface area contributed by atoms with E-state index in [-0.39, 0.29) is 29.8 Å². The number of amides is 1. The molecule has 154 valence electrons. The second-order valence-electron chi connectivity index (χ2n) is 7.59. The lowest BCUT2D eigenvalue weighted by molar-refractivity contribution is -0.123. The summed E-state index contributed by atoms with van der Waals surface area (Å²) < 4.78 is 5.47. The Labute approximate surface area is 175 Å². The number of rotatable bonds is 6. The lowest BCUT2D eigenvalue weighted by Gasteiger charge is -2.37. The van der Waals surface area contributed by atoms with Gasteiger partial charge in [0.15, 0.2) is 0 Å². The molecule has 0 spiro atoms. The van der Waals surface area contributed by atoms with Gasteiger partial charge in [0.2, 0.25) is 5.91 Å². The largest absolute Gasteiger partial charge is 0.384 e. The monoisotopic (exact) mass is 425 g/mol. The molecule has 0 aliphatic carbocycles. The molecule has 2 fully saturated rings. The smallest absolute Gasteiger partial charge is 0.242 e. The molecule has 4 heterocycles. The number of ether oxygens (including phenoxy) is 1. The summed E-state index contributed by atoms with van der Waals surface area (Å²) in [5.41, 5.74) is 0.0363. The van der Waals surface area contributed by atoms with Gasteiger partial charge in [0, 0.05) is 25.6 Å². The molecule has 2 N–H and O–H groups in total. The van der Waals surface area contributed by atoms with Crippen LogP contribution < -0.4 is 15.5 Å². The minimum absolute atomic E-state index is 0. The number of hydrogen-bond acceptors (Lipinski definition) is 7. The van der Waals surface area contributed by atoms with Crippen LogP contribution in [0.25, 0.3) is 10.2 Å². The SMILES string of the molecule is COCC1(CNC(=O)C2CCCN2c2ncnc3sccc23)CCNCC1.Cl. The van der Waals surface area contributed by atoms with Crippen LogP contribution in [0.1, 0.15) is 25.7 Å². The zero-order valence-electron chi connectivity index (χ0n) is 16.1. The number of carbonyl (C=O) groups is 1. The van der Waals surface area contributed by atoms with E-state index < -0.39 is 0 Å². The van der Waals surface area contributed by atoms with Crippen molar-refractivity contribution < 1.29 is 9.53 Å². The summed E-state index contributed by atoms with van der Waals surface area (Å²) >= 11 is 1.61. The van der Waals surface area contributed by atoms with Gasteiger partial charge in [-0.15, -0.1) is 23.7 Å². The van der Waals surface area contributed by atoms with Crippen molar-refractivity contribution in [2.75, 3.05) is 44.8 Å². The van der Waals surface area contributed by atoms with Gasteiger partial charge in [0.1, 0.15) is 23.0 Å². The Morgan fingerprint density at radius 3 is 3.04 bits per heavy atom. The molecule has 7 nitrogen and oxygen atoms in total. The van der Waals surface area contributed by atoms with Crippen molar-refractivity contribution in [2.24, 2.45) is 5.41 Å². The van der Waals surface area contributed by atoms with E-state index in [9.17, 15) is 4.79 Å². The predicted molar refractivity (Wildman–Crippen MR) is 114 cm³/mol. The summed E-state index contributed by atoms with van der Waals surface area (Å²) in [6.45, 7) is 4.17. The van der Waals surface area contributed by atoms with Crippen molar-refractivity contribution in [3.05, 3.63) is 17.8 Å². The molecule has 0 saturated carbocycles. The fraction of sp³-hybridized carbons (Fsp3) is 0.632. The number of fused-ring (bicyclic) bond motifs is 1. The number of hydrogen-bond donors (Lipinski definition) is 2. The van der Waals surface area contributed by atoms with Gasteiger partial charge in [-0.25, -0.2) is 9.97 Å². The number of halogens is 1. The fourth-order valence-electron chi connectivity index (χ4n) is 4.33. The Kier molecular flexibility index (Phi) is 7.09. The second kappa shape index (κ2) is 9.35. The third kappa shape index (κ3) is 4.25. The van der Waals surface area contributed by atoms with Gasteiger partial charge in [-0.3, -0.25) is 4.79 Å². The zero-order chi connectivity index (χ0) is 18.7. The highest BCUT2D eigenvalue weighted by Gasteiger charge is 2.36. The minimum Gasteiger partial charge on any atom is -0.384 e. The van der Waals surface area contributed by atoms with Gasteiger partial charge in [-0.1, -0.05) is 0 Å². The van der Waals surface area contributed by atoms with Crippen molar-refractivity contribution in [3.8, 4) is 0 Å². The summed E-state index contributed by atoms with van der Waals surface area (Å²) in [5.74, 6) is 0.982. The highest BCUT2D eigenvalue weighted by molar-refractivity contribution is 7.16. The lowest BCUT2D eigenvalue weighted by Crippen LogP contribution is -2.51. The average Bonchev–Trinajstić information content (AvgIpc) is 3.36. The van der Waals surface area contributed by atoms with Gasteiger partial charge in [-0.2, -0.15) is 0 Å². The molecule has 2 aliphatic heterocycles. The molecule has 28 heavy (non-hydrogen) atoms. The van der Waals surface area contributed by atoms with Crippen LogP contribution >= 0.6 is 23.7 Å². The van der Waals surface area contributed by atoms with Crippen molar-refractivity contribution in [1.82, 2.24) is 20.6 Å². The number of nitrogens with one attached hydrogen (secondary N) is 2. The molecular weight excluding hydrogens is 398 g/mol. The summed E-state index contributed by atoms with van der Waals surface area (Å²) in [6, 6.07) is 1.88. The maximum absolute atomic E-state index is 13.0. The molecule has 2 aromatic rings. The van der Waals surface area contributed by atoms with E-state index in [4.69, 9.17) is 4.74 Å². The van der Waals surface area contributed by atoms with E-state index in [1.165, 1.54) is 0 Å². The Bertz CT molecular complexity index is 790. The first-order valence-electron chi connectivity index (χ1n) is 9.65. The topological polar surface area (TPSA) is 79.4 Å².